The Labute approximate surface area is 175 Å². The number of hydrogen-bond acceptors (Lipinski definition) is 7. The molecule has 3 aromatic carbocycles. The first kappa shape index (κ1) is 19.2. The van der Waals surface area contributed by atoms with Crippen LogP contribution in [0.3, 0.4) is 0 Å². The first-order valence-corrected chi connectivity index (χ1v) is 9.56. The molecule has 0 atom stereocenters. The Morgan fingerprint density at radius 2 is 1.13 bits per heavy atom. The zero-order chi connectivity index (χ0) is 21.1. The highest BCUT2D eigenvalue weighted by Gasteiger charge is 2.11. The van der Waals surface area contributed by atoms with Gasteiger partial charge in [0.25, 0.3) is 0 Å². The number of rotatable bonds is 5. The van der Waals surface area contributed by atoms with E-state index in [2.05, 4.69) is 25.6 Å². The van der Waals surface area contributed by atoms with Crippen molar-refractivity contribution in [1.82, 2.24) is 15.0 Å². The van der Waals surface area contributed by atoms with Crippen LogP contribution in [0, 0.1) is 13.8 Å². The quantitative estimate of drug-likeness (QED) is 0.357. The van der Waals surface area contributed by atoms with Gasteiger partial charge in [-0.05, 0) is 61.4 Å². The number of benzene rings is 3. The first-order valence-electron chi connectivity index (χ1n) is 9.56. The molecule has 0 unspecified atom stereocenters. The van der Waals surface area contributed by atoms with Crippen LogP contribution in [0.2, 0.25) is 0 Å². The largest absolute Gasteiger partial charge is 0.399 e. The fraction of sp³-hybridized carbons (Fsp3) is 0.0870. The van der Waals surface area contributed by atoms with E-state index in [1.807, 2.05) is 80.6 Å². The lowest BCUT2D eigenvalue weighted by Gasteiger charge is -2.13. The summed E-state index contributed by atoms with van der Waals surface area (Å²) in [5.74, 6) is 1.44. The van der Waals surface area contributed by atoms with Gasteiger partial charge in [0, 0.05) is 28.3 Å². The lowest BCUT2D eigenvalue weighted by molar-refractivity contribution is 1.06. The third-order valence-electron chi connectivity index (χ3n) is 4.66. The van der Waals surface area contributed by atoms with Crippen LogP contribution in [0.1, 0.15) is 11.1 Å². The normalized spacial score (nSPS) is 10.6. The van der Waals surface area contributed by atoms with Crippen molar-refractivity contribution in [3.63, 3.8) is 0 Å². The average Bonchev–Trinajstić information content (AvgIpc) is 2.73. The summed E-state index contributed by atoms with van der Waals surface area (Å²) in [6.07, 6.45) is 0. The van der Waals surface area contributed by atoms with Crippen LogP contribution in [0.25, 0.3) is 11.4 Å². The van der Waals surface area contributed by atoms with Gasteiger partial charge in [-0.3, -0.25) is 0 Å². The van der Waals surface area contributed by atoms with Crippen molar-refractivity contribution < 1.29 is 0 Å². The molecule has 0 saturated carbocycles. The molecular formula is C23H23N7. The van der Waals surface area contributed by atoms with Crippen molar-refractivity contribution in [2.45, 2.75) is 13.8 Å². The Morgan fingerprint density at radius 3 is 1.60 bits per heavy atom. The molecule has 7 nitrogen and oxygen atoms in total. The van der Waals surface area contributed by atoms with E-state index in [0.717, 1.165) is 28.1 Å². The summed E-state index contributed by atoms with van der Waals surface area (Å²) in [5, 5.41) is 6.56. The molecule has 7 heteroatoms. The van der Waals surface area contributed by atoms with Crippen LogP contribution in [0.5, 0.6) is 0 Å². The molecule has 30 heavy (non-hydrogen) atoms. The Balaban J connectivity index is 1.74. The molecule has 0 amide bonds. The Morgan fingerprint density at radius 1 is 0.633 bits per heavy atom. The van der Waals surface area contributed by atoms with E-state index >= 15 is 0 Å². The van der Waals surface area contributed by atoms with E-state index in [1.165, 1.54) is 0 Å². The molecule has 0 spiro atoms. The summed E-state index contributed by atoms with van der Waals surface area (Å²) in [6, 6.07) is 21.1. The van der Waals surface area contributed by atoms with Crippen molar-refractivity contribution in [3.8, 4) is 11.4 Å². The van der Waals surface area contributed by atoms with Crippen molar-refractivity contribution in [2.24, 2.45) is 0 Å². The summed E-state index contributed by atoms with van der Waals surface area (Å²) in [5.41, 5.74) is 17.8. The highest BCUT2D eigenvalue weighted by Crippen LogP contribution is 2.26. The average molecular weight is 397 g/mol. The van der Waals surface area contributed by atoms with Crippen LogP contribution < -0.4 is 22.1 Å². The van der Waals surface area contributed by atoms with E-state index in [-0.39, 0.29) is 0 Å². The minimum Gasteiger partial charge on any atom is -0.399 e. The van der Waals surface area contributed by atoms with Gasteiger partial charge in [0.2, 0.25) is 11.9 Å². The van der Waals surface area contributed by atoms with Gasteiger partial charge >= 0.3 is 0 Å². The zero-order valence-corrected chi connectivity index (χ0v) is 16.8. The highest BCUT2D eigenvalue weighted by molar-refractivity contribution is 5.67. The second-order valence-electron chi connectivity index (χ2n) is 7.07. The molecule has 0 bridgehead atoms. The molecule has 0 aliphatic carbocycles. The van der Waals surface area contributed by atoms with E-state index in [1.54, 1.807) is 0 Å². The second-order valence-corrected chi connectivity index (χ2v) is 7.07. The van der Waals surface area contributed by atoms with Gasteiger partial charge in [-0.2, -0.15) is 15.0 Å². The van der Waals surface area contributed by atoms with Crippen LogP contribution in [-0.4, -0.2) is 15.0 Å². The molecule has 1 heterocycles. The zero-order valence-electron chi connectivity index (χ0n) is 16.8. The fourth-order valence-electron chi connectivity index (χ4n) is 3.10. The molecule has 0 radical (unpaired) electrons. The third-order valence-corrected chi connectivity index (χ3v) is 4.66. The maximum Gasteiger partial charge on any atom is 0.232 e. The van der Waals surface area contributed by atoms with Gasteiger partial charge in [-0.1, -0.05) is 30.3 Å². The van der Waals surface area contributed by atoms with Gasteiger partial charge < -0.3 is 22.1 Å². The van der Waals surface area contributed by atoms with E-state index in [4.69, 9.17) is 11.5 Å². The molecule has 0 aliphatic rings. The minimum absolute atomic E-state index is 0.437. The maximum atomic E-state index is 5.87. The number of anilines is 6. The van der Waals surface area contributed by atoms with Crippen molar-refractivity contribution in [3.05, 3.63) is 77.9 Å². The number of aromatic nitrogens is 3. The standard InChI is InChI=1S/C23H23N7/c1-14-12-17(24)8-10-19(14)26-22-28-21(16-6-4-3-5-7-16)29-23(30-22)27-20-11-9-18(25)13-15(20)2/h3-13H,24-25H2,1-2H3,(H2,26,27,28,29,30). The maximum absolute atomic E-state index is 5.87. The Bertz CT molecular complexity index is 1120. The molecule has 4 aromatic rings. The van der Waals surface area contributed by atoms with E-state index in [9.17, 15) is 0 Å². The van der Waals surface area contributed by atoms with Crippen molar-refractivity contribution in [2.75, 3.05) is 22.1 Å². The number of nitrogens with one attached hydrogen (secondary N) is 2. The van der Waals surface area contributed by atoms with E-state index in [0.29, 0.717) is 29.1 Å². The van der Waals surface area contributed by atoms with Gasteiger partial charge in [0.05, 0.1) is 0 Å². The van der Waals surface area contributed by atoms with Gasteiger partial charge in [-0.25, -0.2) is 0 Å². The van der Waals surface area contributed by atoms with Crippen molar-refractivity contribution >= 4 is 34.6 Å². The van der Waals surface area contributed by atoms with Crippen LogP contribution in [0.4, 0.5) is 34.6 Å². The predicted molar refractivity (Wildman–Crippen MR) is 123 cm³/mol. The molecule has 6 N–H and O–H groups in total. The number of nitrogen functional groups attached to an aromatic ring is 2. The number of aryl methyl sites for hydroxylation is 2. The molecule has 0 aliphatic heterocycles. The summed E-state index contributed by atoms with van der Waals surface area (Å²) in [4.78, 5) is 13.8. The summed E-state index contributed by atoms with van der Waals surface area (Å²) >= 11 is 0. The van der Waals surface area contributed by atoms with Gasteiger partial charge in [-0.15, -0.1) is 0 Å². The highest BCUT2D eigenvalue weighted by atomic mass is 15.2. The molecule has 4 rings (SSSR count). The predicted octanol–water partition coefficient (Wildman–Crippen LogP) is 4.81. The summed E-state index contributed by atoms with van der Waals surface area (Å²) < 4.78 is 0. The molecule has 150 valence electrons. The lowest BCUT2D eigenvalue weighted by atomic mass is 10.2. The summed E-state index contributed by atoms with van der Waals surface area (Å²) in [6.45, 7) is 3.96. The van der Waals surface area contributed by atoms with Crippen LogP contribution in [0.15, 0.2) is 66.7 Å². The number of nitrogens with two attached hydrogens (primary N) is 2. The summed E-state index contributed by atoms with van der Waals surface area (Å²) in [7, 11) is 0. The molecule has 0 saturated heterocycles. The minimum atomic E-state index is 0.437. The Kier molecular flexibility index (Phi) is 5.17. The number of nitrogens with zero attached hydrogens (tertiary/aromatic N) is 3. The van der Waals surface area contributed by atoms with Gasteiger partial charge in [0.1, 0.15) is 0 Å². The van der Waals surface area contributed by atoms with Gasteiger partial charge in [0.15, 0.2) is 5.82 Å². The monoisotopic (exact) mass is 397 g/mol. The van der Waals surface area contributed by atoms with Crippen LogP contribution in [-0.2, 0) is 0 Å². The van der Waals surface area contributed by atoms with Crippen LogP contribution >= 0.6 is 0 Å². The molecule has 0 fully saturated rings. The van der Waals surface area contributed by atoms with E-state index < -0.39 is 0 Å². The van der Waals surface area contributed by atoms with Crippen molar-refractivity contribution in [1.29, 1.82) is 0 Å². The molecular weight excluding hydrogens is 374 g/mol. The first-order chi connectivity index (χ1) is 14.5. The lowest BCUT2D eigenvalue weighted by Crippen LogP contribution is -2.07. The Hall–Kier alpha value is -4.13. The SMILES string of the molecule is Cc1cc(N)ccc1Nc1nc(Nc2ccc(N)cc2C)nc(-c2ccccc2)n1. The smallest absolute Gasteiger partial charge is 0.232 e. The number of hydrogen-bond donors (Lipinski definition) is 4. The molecule has 1 aromatic heterocycles. The third kappa shape index (κ3) is 4.30. The fourth-order valence-corrected chi connectivity index (χ4v) is 3.10. The topological polar surface area (TPSA) is 115 Å². The second kappa shape index (κ2) is 8.08.